The van der Waals surface area contributed by atoms with E-state index in [0.717, 1.165) is 13.1 Å². The van der Waals surface area contributed by atoms with Crippen LogP contribution < -0.4 is 11.3 Å². The molecule has 0 atom stereocenters. The topological polar surface area (TPSA) is 87.9 Å². The van der Waals surface area contributed by atoms with Crippen molar-refractivity contribution in [3.63, 3.8) is 0 Å². The van der Waals surface area contributed by atoms with Gasteiger partial charge in [0.1, 0.15) is 0 Å². The van der Waals surface area contributed by atoms with E-state index in [4.69, 9.17) is 10.6 Å². The van der Waals surface area contributed by atoms with E-state index in [0.29, 0.717) is 39.1 Å². The molecule has 0 aliphatic carbocycles. The number of nitrogens with one attached hydrogen (secondary N) is 1. The lowest BCUT2D eigenvalue weighted by Crippen LogP contribution is -2.53. The Labute approximate surface area is 125 Å². The van der Waals surface area contributed by atoms with Crippen LogP contribution >= 0.6 is 0 Å². The molecule has 2 aliphatic rings. The first-order valence-electron chi connectivity index (χ1n) is 7.56. The lowest BCUT2D eigenvalue weighted by Gasteiger charge is -2.39. The van der Waals surface area contributed by atoms with E-state index in [1.165, 1.54) is 0 Å². The van der Waals surface area contributed by atoms with Crippen molar-refractivity contribution in [1.82, 2.24) is 15.2 Å². The maximum absolute atomic E-state index is 12.3. The molecule has 0 saturated carbocycles. The number of likely N-dealkylation sites (tertiary alicyclic amines) is 1. The van der Waals surface area contributed by atoms with Crippen molar-refractivity contribution in [1.29, 1.82) is 0 Å². The molecule has 0 aromatic carbocycles. The van der Waals surface area contributed by atoms with Crippen LogP contribution in [0.4, 0.5) is 0 Å². The van der Waals surface area contributed by atoms with Gasteiger partial charge in [-0.05, 0) is 26.7 Å². The molecule has 7 nitrogen and oxygen atoms in total. The Morgan fingerprint density at radius 1 is 1.29 bits per heavy atom. The van der Waals surface area contributed by atoms with Crippen molar-refractivity contribution < 1.29 is 14.3 Å². The first kappa shape index (κ1) is 16.2. The number of morpholine rings is 1. The Morgan fingerprint density at radius 2 is 1.95 bits per heavy atom. The van der Waals surface area contributed by atoms with Gasteiger partial charge in [0.25, 0.3) is 0 Å². The second-order valence-corrected chi connectivity index (χ2v) is 6.48. The quantitative estimate of drug-likeness (QED) is 0.410. The number of carbonyl (C=O) groups excluding carboxylic acids is 2. The molecule has 3 N–H and O–H groups in total. The van der Waals surface area contributed by atoms with Gasteiger partial charge in [-0.3, -0.25) is 19.9 Å². The van der Waals surface area contributed by atoms with Crippen LogP contribution in [0.25, 0.3) is 0 Å². The van der Waals surface area contributed by atoms with Crippen molar-refractivity contribution in [2.24, 2.45) is 11.8 Å². The minimum atomic E-state index is -0.190. The normalized spacial score (nSPS) is 23.9. The number of hydrogen-bond donors (Lipinski definition) is 2. The molecule has 7 heteroatoms. The zero-order chi connectivity index (χ0) is 15.5. The lowest BCUT2D eigenvalue weighted by atomic mass is 9.96. The van der Waals surface area contributed by atoms with Gasteiger partial charge in [-0.15, -0.1) is 0 Å². The molecule has 0 aromatic rings. The summed E-state index contributed by atoms with van der Waals surface area (Å²) in [5.41, 5.74) is 2.00. The van der Waals surface area contributed by atoms with Gasteiger partial charge in [0.2, 0.25) is 11.8 Å². The maximum atomic E-state index is 12.3. The van der Waals surface area contributed by atoms with Crippen molar-refractivity contribution in [3.05, 3.63) is 0 Å². The van der Waals surface area contributed by atoms with E-state index < -0.39 is 0 Å². The third-order valence-electron chi connectivity index (χ3n) is 4.22. The second kappa shape index (κ2) is 6.72. The molecule has 2 saturated heterocycles. The minimum Gasteiger partial charge on any atom is -0.373 e. The predicted octanol–water partition coefficient (Wildman–Crippen LogP) is -0.674. The number of amides is 2. The number of nitrogens with zero attached hydrogens (tertiary/aromatic N) is 2. The van der Waals surface area contributed by atoms with Gasteiger partial charge in [-0.1, -0.05) is 0 Å². The summed E-state index contributed by atoms with van der Waals surface area (Å²) in [4.78, 5) is 27.8. The van der Waals surface area contributed by atoms with E-state index in [9.17, 15) is 9.59 Å². The van der Waals surface area contributed by atoms with Gasteiger partial charge >= 0.3 is 0 Å². The van der Waals surface area contributed by atoms with E-state index >= 15 is 0 Å². The highest BCUT2D eigenvalue weighted by atomic mass is 16.5. The van der Waals surface area contributed by atoms with Crippen molar-refractivity contribution in [2.75, 3.05) is 39.3 Å². The van der Waals surface area contributed by atoms with Crippen LogP contribution in [-0.2, 0) is 14.3 Å². The number of hydrazine groups is 1. The summed E-state index contributed by atoms with van der Waals surface area (Å²) >= 11 is 0. The number of carbonyl (C=O) groups is 2. The summed E-state index contributed by atoms with van der Waals surface area (Å²) in [7, 11) is 0. The van der Waals surface area contributed by atoms with E-state index in [2.05, 4.69) is 10.3 Å². The van der Waals surface area contributed by atoms with Crippen LogP contribution in [0.2, 0.25) is 0 Å². The summed E-state index contributed by atoms with van der Waals surface area (Å²) in [5.74, 6) is 5.09. The van der Waals surface area contributed by atoms with Gasteiger partial charge in [0.05, 0.1) is 18.8 Å². The summed E-state index contributed by atoms with van der Waals surface area (Å²) < 4.78 is 5.65. The summed E-state index contributed by atoms with van der Waals surface area (Å²) in [6, 6.07) is 0. The molecule has 2 aliphatic heterocycles. The smallest absolute Gasteiger partial charge is 0.237 e. The Balaban J connectivity index is 1.78. The SMILES string of the molecule is CC1(C)CN(CC(=O)N2CCC(C(=O)NN)CC2)CCO1. The van der Waals surface area contributed by atoms with Crippen LogP contribution in [0.1, 0.15) is 26.7 Å². The van der Waals surface area contributed by atoms with Gasteiger partial charge in [0, 0.05) is 32.1 Å². The first-order chi connectivity index (χ1) is 9.91. The minimum absolute atomic E-state index is 0.0682. The summed E-state index contributed by atoms with van der Waals surface area (Å²) in [6.45, 7) is 8.00. The fraction of sp³-hybridized carbons (Fsp3) is 0.857. The molecule has 2 heterocycles. The maximum Gasteiger partial charge on any atom is 0.237 e. The molecule has 0 radical (unpaired) electrons. The van der Waals surface area contributed by atoms with Crippen LogP contribution in [0.15, 0.2) is 0 Å². The Morgan fingerprint density at radius 3 is 2.52 bits per heavy atom. The van der Waals surface area contributed by atoms with Gasteiger partial charge in [0.15, 0.2) is 0 Å². The molecule has 0 aromatic heterocycles. The Kier molecular flexibility index (Phi) is 5.18. The van der Waals surface area contributed by atoms with Gasteiger partial charge in [-0.2, -0.15) is 0 Å². The number of hydrogen-bond acceptors (Lipinski definition) is 5. The third-order valence-corrected chi connectivity index (χ3v) is 4.22. The number of ether oxygens (including phenoxy) is 1. The zero-order valence-electron chi connectivity index (χ0n) is 12.9. The molecule has 0 spiro atoms. The second-order valence-electron chi connectivity index (χ2n) is 6.48. The summed E-state index contributed by atoms with van der Waals surface area (Å²) in [6.07, 6.45) is 1.37. The van der Waals surface area contributed by atoms with E-state index in [1.54, 1.807) is 0 Å². The van der Waals surface area contributed by atoms with Crippen molar-refractivity contribution in [3.8, 4) is 0 Å². The largest absolute Gasteiger partial charge is 0.373 e. The fourth-order valence-corrected chi connectivity index (χ4v) is 3.05. The van der Waals surface area contributed by atoms with E-state index in [1.807, 2.05) is 18.7 Å². The predicted molar refractivity (Wildman–Crippen MR) is 78.1 cm³/mol. The van der Waals surface area contributed by atoms with Crippen molar-refractivity contribution >= 4 is 11.8 Å². The van der Waals surface area contributed by atoms with Gasteiger partial charge < -0.3 is 9.64 Å². The molecule has 21 heavy (non-hydrogen) atoms. The number of rotatable bonds is 3. The van der Waals surface area contributed by atoms with Crippen LogP contribution in [-0.4, -0.2) is 66.5 Å². The van der Waals surface area contributed by atoms with Crippen LogP contribution in [0, 0.1) is 5.92 Å². The average Bonchev–Trinajstić information content (AvgIpc) is 2.45. The third kappa shape index (κ3) is 4.39. The Hall–Kier alpha value is -1.18. The molecule has 2 rings (SSSR count). The molecule has 0 unspecified atom stereocenters. The molecule has 0 bridgehead atoms. The molecular formula is C14H26N4O3. The van der Waals surface area contributed by atoms with E-state index in [-0.39, 0.29) is 23.3 Å². The van der Waals surface area contributed by atoms with Crippen LogP contribution in [0.3, 0.4) is 0 Å². The monoisotopic (exact) mass is 298 g/mol. The number of piperidine rings is 1. The Bertz CT molecular complexity index is 392. The highest BCUT2D eigenvalue weighted by Crippen LogP contribution is 2.19. The standard InChI is InChI=1S/C14H26N4O3/c1-14(2)10-17(7-8-21-14)9-12(19)18-5-3-11(4-6-18)13(20)16-15/h11H,3-10,15H2,1-2H3,(H,16,20). The van der Waals surface area contributed by atoms with Crippen molar-refractivity contribution in [2.45, 2.75) is 32.3 Å². The zero-order valence-corrected chi connectivity index (χ0v) is 12.9. The number of nitrogens with two attached hydrogens (primary N) is 1. The van der Waals surface area contributed by atoms with Gasteiger partial charge in [-0.25, -0.2) is 5.84 Å². The fourth-order valence-electron chi connectivity index (χ4n) is 3.05. The molecule has 2 amide bonds. The lowest BCUT2D eigenvalue weighted by molar-refractivity contribution is -0.140. The molecular weight excluding hydrogens is 272 g/mol. The highest BCUT2D eigenvalue weighted by Gasteiger charge is 2.31. The molecule has 120 valence electrons. The van der Waals surface area contributed by atoms with Crippen LogP contribution in [0.5, 0.6) is 0 Å². The highest BCUT2D eigenvalue weighted by molar-refractivity contribution is 5.80. The average molecular weight is 298 g/mol. The first-order valence-corrected chi connectivity index (χ1v) is 7.56. The summed E-state index contributed by atoms with van der Waals surface area (Å²) in [5, 5.41) is 0. The molecule has 2 fully saturated rings.